The Labute approximate surface area is 140 Å². The van der Waals surface area contributed by atoms with Crippen molar-refractivity contribution in [3.8, 4) is 5.75 Å². The van der Waals surface area contributed by atoms with Crippen LogP contribution in [-0.2, 0) is 11.2 Å². The molecule has 22 heavy (non-hydrogen) atoms. The zero-order valence-corrected chi connectivity index (χ0v) is 13.7. The van der Waals surface area contributed by atoms with E-state index in [9.17, 15) is 4.79 Å². The van der Waals surface area contributed by atoms with Crippen molar-refractivity contribution in [2.45, 2.75) is 13.3 Å². The molecule has 5 heteroatoms. The van der Waals surface area contributed by atoms with Crippen LogP contribution in [0.3, 0.4) is 0 Å². The van der Waals surface area contributed by atoms with Gasteiger partial charge in [-0.2, -0.15) is 0 Å². The lowest BCUT2D eigenvalue weighted by Crippen LogP contribution is -2.30. The number of ether oxygens (including phenoxy) is 1. The molecule has 0 aromatic heterocycles. The molecule has 0 aliphatic heterocycles. The molecule has 2 aromatic rings. The van der Waals surface area contributed by atoms with Crippen molar-refractivity contribution in [1.29, 1.82) is 0 Å². The van der Waals surface area contributed by atoms with Gasteiger partial charge in [-0.05, 0) is 43.2 Å². The maximum atomic E-state index is 11.7. The third kappa shape index (κ3) is 5.24. The highest BCUT2D eigenvalue weighted by molar-refractivity contribution is 6.35. The Morgan fingerprint density at radius 1 is 1.14 bits per heavy atom. The van der Waals surface area contributed by atoms with E-state index in [1.165, 1.54) is 0 Å². The Morgan fingerprint density at radius 2 is 1.86 bits per heavy atom. The van der Waals surface area contributed by atoms with E-state index < -0.39 is 0 Å². The molecule has 1 amide bonds. The van der Waals surface area contributed by atoms with Crippen LogP contribution in [0.15, 0.2) is 42.5 Å². The van der Waals surface area contributed by atoms with Gasteiger partial charge >= 0.3 is 0 Å². The predicted molar refractivity (Wildman–Crippen MR) is 89.8 cm³/mol. The van der Waals surface area contributed by atoms with Crippen molar-refractivity contribution >= 4 is 29.1 Å². The fourth-order valence-electron chi connectivity index (χ4n) is 1.90. The molecule has 0 saturated heterocycles. The van der Waals surface area contributed by atoms with E-state index in [4.69, 9.17) is 27.9 Å². The largest absolute Gasteiger partial charge is 0.484 e. The van der Waals surface area contributed by atoms with Crippen LogP contribution in [-0.4, -0.2) is 19.1 Å². The number of rotatable bonds is 6. The predicted octanol–water partition coefficient (Wildman–Crippen LogP) is 4.04. The van der Waals surface area contributed by atoms with Gasteiger partial charge in [-0.15, -0.1) is 0 Å². The summed E-state index contributed by atoms with van der Waals surface area (Å²) < 4.78 is 5.41. The molecule has 0 fully saturated rings. The minimum absolute atomic E-state index is 0.00257. The lowest BCUT2D eigenvalue weighted by molar-refractivity contribution is -0.123. The first-order valence-electron chi connectivity index (χ1n) is 6.94. The fraction of sp³-hybridized carbons (Fsp3) is 0.235. The van der Waals surface area contributed by atoms with Gasteiger partial charge in [0.25, 0.3) is 5.91 Å². The average Bonchev–Trinajstić information content (AvgIpc) is 2.49. The summed E-state index contributed by atoms with van der Waals surface area (Å²) in [7, 11) is 0. The third-order valence-electron chi connectivity index (χ3n) is 3.12. The number of aryl methyl sites for hydroxylation is 1. The van der Waals surface area contributed by atoms with E-state index in [0.717, 1.165) is 11.1 Å². The van der Waals surface area contributed by atoms with Crippen LogP contribution in [0.5, 0.6) is 5.75 Å². The number of halogens is 2. The summed E-state index contributed by atoms with van der Waals surface area (Å²) in [5, 5.41) is 4.01. The number of carbonyl (C=O) groups excluding carboxylic acids is 1. The molecule has 2 aromatic carbocycles. The second-order valence-electron chi connectivity index (χ2n) is 4.94. The van der Waals surface area contributed by atoms with E-state index in [1.807, 2.05) is 37.3 Å². The number of amides is 1. The van der Waals surface area contributed by atoms with Gasteiger partial charge in [0.05, 0.1) is 0 Å². The Balaban J connectivity index is 1.72. The third-order valence-corrected chi connectivity index (χ3v) is 3.71. The quantitative estimate of drug-likeness (QED) is 0.863. The first-order valence-corrected chi connectivity index (χ1v) is 7.70. The summed E-state index contributed by atoms with van der Waals surface area (Å²) in [5.74, 6) is 0.521. The number of carbonyl (C=O) groups is 1. The normalized spacial score (nSPS) is 10.3. The molecule has 0 radical (unpaired) electrons. The number of nitrogens with one attached hydrogen (secondary N) is 1. The highest BCUT2D eigenvalue weighted by Crippen LogP contribution is 2.21. The van der Waals surface area contributed by atoms with Crippen molar-refractivity contribution in [2.75, 3.05) is 13.2 Å². The van der Waals surface area contributed by atoms with Gasteiger partial charge < -0.3 is 10.1 Å². The smallest absolute Gasteiger partial charge is 0.257 e. The molecular formula is C17H17Cl2NO2. The summed E-state index contributed by atoms with van der Waals surface area (Å²) in [6, 6.07) is 12.9. The van der Waals surface area contributed by atoms with Gasteiger partial charge in [0.15, 0.2) is 6.61 Å². The molecule has 0 saturated carbocycles. The van der Waals surface area contributed by atoms with E-state index in [2.05, 4.69) is 5.32 Å². The molecule has 1 N–H and O–H groups in total. The van der Waals surface area contributed by atoms with Gasteiger partial charge in [0, 0.05) is 16.6 Å². The zero-order chi connectivity index (χ0) is 15.9. The van der Waals surface area contributed by atoms with Crippen LogP contribution in [0.2, 0.25) is 10.0 Å². The standard InChI is InChI=1S/C17H17Cl2NO2/c1-12-2-6-15(7-3-12)22-11-17(21)20-9-8-13-4-5-14(18)10-16(13)19/h2-7,10H,8-9,11H2,1H3,(H,20,21). The SMILES string of the molecule is Cc1ccc(OCC(=O)NCCc2ccc(Cl)cc2Cl)cc1. The van der Waals surface area contributed by atoms with Crippen molar-refractivity contribution in [3.05, 3.63) is 63.6 Å². The minimum Gasteiger partial charge on any atom is -0.484 e. The lowest BCUT2D eigenvalue weighted by atomic mass is 10.1. The topological polar surface area (TPSA) is 38.3 Å². The van der Waals surface area contributed by atoms with Gasteiger partial charge in [-0.25, -0.2) is 0 Å². The second-order valence-corrected chi connectivity index (χ2v) is 5.78. The molecule has 116 valence electrons. The van der Waals surface area contributed by atoms with Crippen molar-refractivity contribution in [3.63, 3.8) is 0 Å². The Morgan fingerprint density at radius 3 is 2.55 bits per heavy atom. The van der Waals surface area contributed by atoms with Crippen LogP contribution in [0.1, 0.15) is 11.1 Å². The maximum absolute atomic E-state index is 11.7. The minimum atomic E-state index is -0.161. The summed E-state index contributed by atoms with van der Waals surface area (Å²) in [6.07, 6.45) is 0.645. The molecule has 0 bridgehead atoms. The molecule has 0 atom stereocenters. The van der Waals surface area contributed by atoms with Gasteiger partial charge in [-0.3, -0.25) is 4.79 Å². The highest BCUT2D eigenvalue weighted by Gasteiger charge is 2.05. The Kier molecular flexibility index (Phi) is 6.10. The molecule has 0 spiro atoms. The molecule has 2 rings (SSSR count). The molecular weight excluding hydrogens is 321 g/mol. The van der Waals surface area contributed by atoms with Crippen LogP contribution in [0.4, 0.5) is 0 Å². The van der Waals surface area contributed by atoms with Gasteiger partial charge in [0.2, 0.25) is 0 Å². The number of hydrogen-bond donors (Lipinski definition) is 1. The Bertz CT molecular complexity index is 642. The van der Waals surface area contributed by atoms with E-state index >= 15 is 0 Å². The Hall–Kier alpha value is -1.71. The zero-order valence-electron chi connectivity index (χ0n) is 12.2. The van der Waals surface area contributed by atoms with Crippen molar-refractivity contribution < 1.29 is 9.53 Å². The molecule has 0 unspecified atom stereocenters. The average molecular weight is 338 g/mol. The lowest BCUT2D eigenvalue weighted by Gasteiger charge is -2.08. The fourth-order valence-corrected chi connectivity index (χ4v) is 2.40. The maximum Gasteiger partial charge on any atom is 0.257 e. The summed E-state index contributed by atoms with van der Waals surface area (Å²) in [6.45, 7) is 2.49. The molecule has 0 aliphatic rings. The highest BCUT2D eigenvalue weighted by atomic mass is 35.5. The summed E-state index contributed by atoms with van der Waals surface area (Å²) >= 11 is 11.9. The second kappa shape index (κ2) is 8.06. The summed E-state index contributed by atoms with van der Waals surface area (Å²) in [5.41, 5.74) is 2.10. The molecule has 0 heterocycles. The summed E-state index contributed by atoms with van der Waals surface area (Å²) in [4.78, 5) is 11.7. The van der Waals surface area contributed by atoms with Crippen LogP contribution in [0, 0.1) is 6.92 Å². The van der Waals surface area contributed by atoms with Crippen molar-refractivity contribution in [2.24, 2.45) is 0 Å². The molecule has 3 nitrogen and oxygen atoms in total. The van der Waals surface area contributed by atoms with Crippen molar-refractivity contribution in [1.82, 2.24) is 5.32 Å². The van der Waals surface area contributed by atoms with Gasteiger partial charge in [0.1, 0.15) is 5.75 Å². The van der Waals surface area contributed by atoms with Crippen LogP contribution < -0.4 is 10.1 Å². The first-order chi connectivity index (χ1) is 10.5. The monoisotopic (exact) mass is 337 g/mol. The molecule has 0 aliphatic carbocycles. The van der Waals surface area contributed by atoms with E-state index in [0.29, 0.717) is 28.8 Å². The number of hydrogen-bond acceptors (Lipinski definition) is 2. The van der Waals surface area contributed by atoms with Gasteiger partial charge in [-0.1, -0.05) is 47.0 Å². The van der Waals surface area contributed by atoms with E-state index in [-0.39, 0.29) is 12.5 Å². The first kappa shape index (κ1) is 16.7. The van der Waals surface area contributed by atoms with Crippen LogP contribution >= 0.6 is 23.2 Å². The van der Waals surface area contributed by atoms with E-state index in [1.54, 1.807) is 12.1 Å². The van der Waals surface area contributed by atoms with Crippen LogP contribution in [0.25, 0.3) is 0 Å². The number of benzene rings is 2.